The van der Waals surface area contributed by atoms with Crippen LogP contribution in [0.2, 0.25) is 0 Å². The molecule has 0 unspecified atom stereocenters. The molecular weight excluding hydrogens is 370 g/mol. The quantitative estimate of drug-likeness (QED) is 0.747. The number of sulfonamides is 1. The van der Waals surface area contributed by atoms with Crippen molar-refractivity contribution in [3.63, 3.8) is 0 Å². The van der Waals surface area contributed by atoms with E-state index in [2.05, 4.69) is 9.71 Å². The summed E-state index contributed by atoms with van der Waals surface area (Å²) in [6, 6.07) is 12.9. The van der Waals surface area contributed by atoms with Crippen LogP contribution in [-0.4, -0.2) is 18.9 Å². The van der Waals surface area contributed by atoms with Gasteiger partial charge in [-0.1, -0.05) is 18.2 Å². The summed E-state index contributed by atoms with van der Waals surface area (Å²) in [6.45, 7) is 1.83. The Labute approximate surface area is 155 Å². The average molecular weight is 387 g/mol. The smallest absolute Gasteiger partial charge is 0.279 e. The van der Waals surface area contributed by atoms with Gasteiger partial charge in [-0.25, -0.2) is 8.42 Å². The van der Waals surface area contributed by atoms with Gasteiger partial charge in [0, 0.05) is 24.2 Å². The Kier molecular flexibility index (Phi) is 5.06. The minimum Gasteiger partial charge on any atom is -0.327 e. The molecule has 0 saturated carbocycles. The van der Waals surface area contributed by atoms with E-state index >= 15 is 0 Å². The fourth-order valence-electron chi connectivity index (χ4n) is 2.25. The summed E-state index contributed by atoms with van der Waals surface area (Å²) < 4.78 is 29.3. The third-order valence-corrected chi connectivity index (χ3v) is 5.99. The molecule has 1 aromatic heterocycles. The highest BCUT2D eigenvalue weighted by molar-refractivity contribution is 7.92. The van der Waals surface area contributed by atoms with Gasteiger partial charge in [0.1, 0.15) is 0 Å². The van der Waals surface area contributed by atoms with E-state index in [4.69, 9.17) is 0 Å². The summed E-state index contributed by atoms with van der Waals surface area (Å²) in [4.78, 5) is 16.9. The molecule has 0 bridgehead atoms. The first-order valence-electron chi connectivity index (χ1n) is 7.74. The molecule has 134 valence electrons. The molecule has 8 heteroatoms. The monoisotopic (exact) mass is 387 g/mol. The van der Waals surface area contributed by atoms with Gasteiger partial charge in [0.25, 0.3) is 15.9 Å². The Bertz CT molecular complexity index is 1110. The van der Waals surface area contributed by atoms with Crippen LogP contribution in [0, 0.1) is 6.92 Å². The number of benzene rings is 2. The zero-order valence-electron chi connectivity index (χ0n) is 14.2. The summed E-state index contributed by atoms with van der Waals surface area (Å²) in [5.74, 6) is -0.418. The second-order valence-electron chi connectivity index (χ2n) is 5.66. The highest BCUT2D eigenvalue weighted by Crippen LogP contribution is 2.19. The average Bonchev–Trinajstić information content (AvgIpc) is 3.02. The lowest BCUT2D eigenvalue weighted by atomic mass is 10.2. The maximum absolute atomic E-state index is 12.5. The molecule has 0 saturated heterocycles. The predicted molar refractivity (Wildman–Crippen MR) is 102 cm³/mol. The molecule has 0 radical (unpaired) electrons. The summed E-state index contributed by atoms with van der Waals surface area (Å²) in [5.41, 5.74) is 1.67. The second kappa shape index (κ2) is 7.27. The number of nitrogens with zero attached hydrogens (tertiary/aromatic N) is 2. The lowest BCUT2D eigenvalue weighted by molar-refractivity contribution is 0.0997. The van der Waals surface area contributed by atoms with E-state index in [1.54, 1.807) is 23.7 Å². The van der Waals surface area contributed by atoms with Crippen LogP contribution >= 0.6 is 11.3 Å². The van der Waals surface area contributed by atoms with Crippen LogP contribution in [0.5, 0.6) is 0 Å². The number of nitrogens with one attached hydrogen (secondary N) is 1. The summed E-state index contributed by atoms with van der Waals surface area (Å²) in [6.07, 6.45) is 1.81. The normalized spacial score (nSPS) is 12.2. The molecule has 26 heavy (non-hydrogen) atoms. The number of amides is 1. The van der Waals surface area contributed by atoms with Crippen LogP contribution in [0.15, 0.2) is 70.0 Å². The van der Waals surface area contributed by atoms with Crippen molar-refractivity contribution in [1.29, 1.82) is 0 Å². The van der Waals surface area contributed by atoms with Gasteiger partial charge < -0.3 is 4.57 Å². The van der Waals surface area contributed by atoms with Crippen molar-refractivity contribution in [1.82, 2.24) is 4.57 Å². The molecule has 0 atom stereocenters. The number of carbonyl (C=O) groups excluding carboxylic acids is 1. The van der Waals surface area contributed by atoms with E-state index in [1.165, 1.54) is 35.6 Å². The van der Waals surface area contributed by atoms with Crippen molar-refractivity contribution < 1.29 is 13.2 Å². The molecule has 0 aliphatic carbocycles. The van der Waals surface area contributed by atoms with Crippen molar-refractivity contribution in [2.75, 3.05) is 4.72 Å². The van der Waals surface area contributed by atoms with Crippen LogP contribution in [0.4, 0.5) is 5.69 Å². The number of anilines is 1. The number of para-hydroxylation sites is 1. The van der Waals surface area contributed by atoms with Crippen molar-refractivity contribution in [2.45, 2.75) is 11.8 Å². The highest BCUT2D eigenvalue weighted by Gasteiger charge is 2.16. The van der Waals surface area contributed by atoms with Gasteiger partial charge in [-0.3, -0.25) is 9.52 Å². The van der Waals surface area contributed by atoms with Gasteiger partial charge in [-0.2, -0.15) is 4.99 Å². The number of rotatable bonds is 4. The van der Waals surface area contributed by atoms with Crippen LogP contribution in [0.1, 0.15) is 15.9 Å². The molecule has 0 aliphatic rings. The standard InChI is InChI=1S/C18H17N3O3S2/c1-13-5-3-4-6-16(13)20-26(23,24)15-9-7-14(8-10-15)17(22)19-18-21(2)11-12-25-18/h3-12,20H,1-2H3. The SMILES string of the molecule is Cc1ccccc1NS(=O)(=O)c1ccc(C(=O)N=c2sccn2C)cc1. The second-order valence-corrected chi connectivity index (χ2v) is 8.21. The topological polar surface area (TPSA) is 80.5 Å². The van der Waals surface area contributed by atoms with Crippen LogP contribution in [-0.2, 0) is 17.1 Å². The molecule has 0 aliphatic heterocycles. The summed E-state index contributed by atoms with van der Waals surface area (Å²) >= 11 is 1.35. The highest BCUT2D eigenvalue weighted by atomic mass is 32.2. The Morgan fingerprint density at radius 1 is 1.12 bits per heavy atom. The number of hydrogen-bond donors (Lipinski definition) is 1. The van der Waals surface area contributed by atoms with Crippen LogP contribution in [0.3, 0.4) is 0 Å². The Morgan fingerprint density at radius 2 is 1.81 bits per heavy atom. The van der Waals surface area contributed by atoms with Crippen molar-refractivity contribution in [2.24, 2.45) is 12.0 Å². The zero-order chi connectivity index (χ0) is 18.7. The van der Waals surface area contributed by atoms with Gasteiger partial charge >= 0.3 is 0 Å². The first-order valence-corrected chi connectivity index (χ1v) is 10.1. The number of aryl methyl sites for hydroxylation is 2. The van der Waals surface area contributed by atoms with Gasteiger partial charge in [0.05, 0.1) is 10.6 Å². The number of thiazole rings is 1. The van der Waals surface area contributed by atoms with Gasteiger partial charge in [-0.05, 0) is 42.8 Å². The van der Waals surface area contributed by atoms with Crippen molar-refractivity contribution in [3.05, 3.63) is 76.0 Å². The molecule has 3 rings (SSSR count). The molecule has 0 fully saturated rings. The molecule has 1 heterocycles. The van der Waals surface area contributed by atoms with E-state index in [1.807, 2.05) is 30.6 Å². The summed E-state index contributed by atoms with van der Waals surface area (Å²) in [5, 5.41) is 1.83. The third kappa shape index (κ3) is 3.92. The van der Waals surface area contributed by atoms with Gasteiger partial charge in [0.15, 0.2) is 4.80 Å². The molecule has 6 nitrogen and oxygen atoms in total. The van der Waals surface area contributed by atoms with E-state index in [-0.39, 0.29) is 4.90 Å². The number of carbonyl (C=O) groups is 1. The Morgan fingerprint density at radius 3 is 2.42 bits per heavy atom. The molecular formula is C18H17N3O3S2. The number of hydrogen-bond acceptors (Lipinski definition) is 4. The number of aromatic nitrogens is 1. The lowest BCUT2D eigenvalue weighted by Crippen LogP contribution is -2.14. The van der Waals surface area contributed by atoms with E-state index in [0.717, 1.165) is 5.56 Å². The van der Waals surface area contributed by atoms with E-state index in [0.29, 0.717) is 16.1 Å². The molecule has 1 N–H and O–H groups in total. The fourth-order valence-corrected chi connectivity index (χ4v) is 4.11. The minimum atomic E-state index is -3.73. The van der Waals surface area contributed by atoms with Crippen molar-refractivity contribution >= 4 is 33.0 Å². The minimum absolute atomic E-state index is 0.0824. The predicted octanol–water partition coefficient (Wildman–Crippen LogP) is 2.94. The maximum atomic E-state index is 12.5. The van der Waals surface area contributed by atoms with E-state index in [9.17, 15) is 13.2 Å². The van der Waals surface area contributed by atoms with Gasteiger partial charge in [-0.15, -0.1) is 11.3 Å². The lowest BCUT2D eigenvalue weighted by Gasteiger charge is -2.10. The third-order valence-electron chi connectivity index (χ3n) is 3.76. The van der Waals surface area contributed by atoms with Crippen LogP contribution in [0.25, 0.3) is 0 Å². The largest absolute Gasteiger partial charge is 0.327 e. The molecule has 2 aromatic carbocycles. The fraction of sp³-hybridized carbons (Fsp3) is 0.111. The first-order chi connectivity index (χ1) is 12.4. The molecule has 0 spiro atoms. The maximum Gasteiger partial charge on any atom is 0.279 e. The Hall–Kier alpha value is -2.71. The molecule has 1 amide bonds. The first kappa shape index (κ1) is 18.1. The van der Waals surface area contributed by atoms with E-state index < -0.39 is 15.9 Å². The van der Waals surface area contributed by atoms with Gasteiger partial charge in [0.2, 0.25) is 0 Å². The van der Waals surface area contributed by atoms with Crippen molar-refractivity contribution in [3.8, 4) is 0 Å². The summed E-state index contributed by atoms with van der Waals surface area (Å²) in [7, 11) is -1.93. The zero-order valence-corrected chi connectivity index (χ0v) is 15.8. The van der Waals surface area contributed by atoms with Crippen LogP contribution < -0.4 is 9.52 Å². The Balaban J connectivity index is 1.84. The molecule has 3 aromatic rings.